The standard InChI is InChI=1S/C14H13ClFNO3/c1-19-8-10-6-9(2-3-12(10)16)7-17-14(18)11-4-5-20-13(11)15/h2-6H,7-8H2,1H3,(H,17,18). The number of amides is 1. The first-order valence-electron chi connectivity index (χ1n) is 5.89. The van der Waals surface area contributed by atoms with Gasteiger partial charge in [0.15, 0.2) is 0 Å². The third kappa shape index (κ3) is 3.37. The van der Waals surface area contributed by atoms with Gasteiger partial charge in [0.05, 0.1) is 18.4 Å². The van der Waals surface area contributed by atoms with Gasteiger partial charge in [0.1, 0.15) is 5.82 Å². The zero-order valence-electron chi connectivity index (χ0n) is 10.8. The third-order valence-corrected chi connectivity index (χ3v) is 3.02. The molecule has 0 aliphatic heterocycles. The predicted molar refractivity (Wildman–Crippen MR) is 72.0 cm³/mol. The average molecular weight is 298 g/mol. The second kappa shape index (κ2) is 6.54. The highest BCUT2D eigenvalue weighted by Gasteiger charge is 2.12. The first-order chi connectivity index (χ1) is 9.61. The third-order valence-electron chi connectivity index (χ3n) is 2.73. The molecule has 4 nitrogen and oxygen atoms in total. The van der Waals surface area contributed by atoms with Crippen molar-refractivity contribution in [3.63, 3.8) is 0 Å². The smallest absolute Gasteiger partial charge is 0.256 e. The van der Waals surface area contributed by atoms with E-state index in [9.17, 15) is 9.18 Å². The number of rotatable bonds is 5. The van der Waals surface area contributed by atoms with Crippen LogP contribution >= 0.6 is 11.6 Å². The van der Waals surface area contributed by atoms with Crippen molar-refractivity contribution in [1.29, 1.82) is 0 Å². The van der Waals surface area contributed by atoms with Crippen LogP contribution < -0.4 is 5.32 Å². The number of hydrogen-bond acceptors (Lipinski definition) is 3. The van der Waals surface area contributed by atoms with Gasteiger partial charge in [0, 0.05) is 19.2 Å². The van der Waals surface area contributed by atoms with Crippen molar-refractivity contribution in [2.45, 2.75) is 13.2 Å². The lowest BCUT2D eigenvalue weighted by Crippen LogP contribution is -2.22. The maximum absolute atomic E-state index is 13.4. The number of carbonyl (C=O) groups excluding carboxylic acids is 1. The monoisotopic (exact) mass is 297 g/mol. The number of methoxy groups -OCH3 is 1. The van der Waals surface area contributed by atoms with Crippen molar-refractivity contribution < 1.29 is 18.3 Å². The van der Waals surface area contributed by atoms with Gasteiger partial charge >= 0.3 is 0 Å². The number of ether oxygens (including phenoxy) is 1. The van der Waals surface area contributed by atoms with Crippen LogP contribution in [0.25, 0.3) is 0 Å². The molecule has 1 aromatic heterocycles. The van der Waals surface area contributed by atoms with E-state index >= 15 is 0 Å². The number of halogens is 2. The lowest BCUT2D eigenvalue weighted by Gasteiger charge is -2.07. The zero-order valence-corrected chi connectivity index (χ0v) is 11.5. The highest BCUT2D eigenvalue weighted by atomic mass is 35.5. The SMILES string of the molecule is COCc1cc(CNC(=O)c2ccoc2Cl)ccc1F. The Morgan fingerprint density at radius 2 is 2.25 bits per heavy atom. The summed E-state index contributed by atoms with van der Waals surface area (Å²) in [5, 5.41) is 2.73. The Balaban J connectivity index is 2.02. The molecule has 0 aliphatic carbocycles. The molecule has 2 rings (SSSR count). The van der Waals surface area contributed by atoms with Gasteiger partial charge in [-0.15, -0.1) is 0 Å². The summed E-state index contributed by atoms with van der Waals surface area (Å²) in [6, 6.07) is 6.08. The van der Waals surface area contributed by atoms with E-state index in [-0.39, 0.29) is 35.7 Å². The molecule has 0 saturated heterocycles. The van der Waals surface area contributed by atoms with Crippen molar-refractivity contribution in [3.05, 3.63) is 58.3 Å². The number of nitrogens with one attached hydrogen (secondary N) is 1. The molecule has 1 N–H and O–H groups in total. The number of benzene rings is 1. The molecule has 6 heteroatoms. The van der Waals surface area contributed by atoms with Gasteiger partial charge in [-0.05, 0) is 35.4 Å². The Morgan fingerprint density at radius 3 is 2.90 bits per heavy atom. The predicted octanol–water partition coefficient (Wildman–Crippen LogP) is 3.15. The molecule has 0 saturated carbocycles. The average Bonchev–Trinajstić information content (AvgIpc) is 2.86. The molecule has 0 unspecified atom stereocenters. The van der Waals surface area contributed by atoms with Gasteiger partial charge < -0.3 is 14.5 Å². The molecule has 0 fully saturated rings. The molecule has 2 aromatic rings. The van der Waals surface area contributed by atoms with Crippen molar-refractivity contribution in [1.82, 2.24) is 5.32 Å². The first-order valence-corrected chi connectivity index (χ1v) is 6.27. The lowest BCUT2D eigenvalue weighted by atomic mass is 10.1. The van der Waals surface area contributed by atoms with Crippen molar-refractivity contribution in [2.24, 2.45) is 0 Å². The van der Waals surface area contributed by atoms with E-state index in [1.54, 1.807) is 12.1 Å². The van der Waals surface area contributed by atoms with Crippen molar-refractivity contribution in [2.75, 3.05) is 7.11 Å². The quantitative estimate of drug-likeness (QED) is 0.922. The Morgan fingerprint density at radius 1 is 1.45 bits per heavy atom. The fraction of sp³-hybridized carbons (Fsp3) is 0.214. The van der Waals surface area contributed by atoms with Crippen LogP contribution in [0.5, 0.6) is 0 Å². The zero-order chi connectivity index (χ0) is 14.5. The second-order valence-electron chi connectivity index (χ2n) is 4.15. The summed E-state index contributed by atoms with van der Waals surface area (Å²) >= 11 is 5.71. The number of carbonyl (C=O) groups is 1. The molecule has 1 amide bonds. The molecule has 1 heterocycles. The summed E-state index contributed by atoms with van der Waals surface area (Å²) in [5.41, 5.74) is 1.48. The fourth-order valence-electron chi connectivity index (χ4n) is 1.74. The van der Waals surface area contributed by atoms with Crippen LogP contribution in [0.15, 0.2) is 34.9 Å². The van der Waals surface area contributed by atoms with E-state index in [4.69, 9.17) is 20.8 Å². The van der Waals surface area contributed by atoms with E-state index in [0.29, 0.717) is 5.56 Å². The highest BCUT2D eigenvalue weighted by molar-refractivity contribution is 6.32. The fourth-order valence-corrected chi connectivity index (χ4v) is 1.94. The summed E-state index contributed by atoms with van der Waals surface area (Å²) in [4.78, 5) is 11.8. The molecule has 0 radical (unpaired) electrons. The molecule has 0 aliphatic rings. The van der Waals surface area contributed by atoms with Crippen LogP contribution in [-0.2, 0) is 17.9 Å². The van der Waals surface area contributed by atoms with Crippen LogP contribution in [0.3, 0.4) is 0 Å². The minimum absolute atomic E-state index is 0.0432. The Labute approximate surface area is 120 Å². The Kier molecular flexibility index (Phi) is 4.76. The van der Waals surface area contributed by atoms with Crippen LogP contribution in [0.1, 0.15) is 21.5 Å². The minimum atomic E-state index is -0.346. The summed E-state index contributed by atoms with van der Waals surface area (Å²) in [6.45, 7) is 0.443. The minimum Gasteiger partial charge on any atom is -0.452 e. The largest absolute Gasteiger partial charge is 0.452 e. The van der Waals surface area contributed by atoms with Crippen LogP contribution in [0.4, 0.5) is 4.39 Å². The molecule has 106 valence electrons. The van der Waals surface area contributed by atoms with E-state index in [1.165, 1.54) is 25.5 Å². The maximum Gasteiger partial charge on any atom is 0.256 e. The van der Waals surface area contributed by atoms with Gasteiger partial charge in [-0.1, -0.05) is 6.07 Å². The van der Waals surface area contributed by atoms with Crippen molar-refractivity contribution in [3.8, 4) is 0 Å². The van der Waals surface area contributed by atoms with Gasteiger partial charge in [-0.25, -0.2) is 4.39 Å². The number of hydrogen-bond donors (Lipinski definition) is 1. The number of furan rings is 1. The van der Waals surface area contributed by atoms with Gasteiger partial charge in [-0.2, -0.15) is 0 Å². The molecule has 0 bridgehead atoms. The summed E-state index contributed by atoms with van der Waals surface area (Å²) < 4.78 is 23.2. The van der Waals surface area contributed by atoms with E-state index in [1.807, 2.05) is 0 Å². The van der Waals surface area contributed by atoms with Gasteiger partial charge in [-0.3, -0.25) is 4.79 Å². The molecule has 1 aromatic carbocycles. The van der Waals surface area contributed by atoms with E-state index in [0.717, 1.165) is 5.56 Å². The summed E-state index contributed by atoms with van der Waals surface area (Å²) in [7, 11) is 1.49. The molecular weight excluding hydrogens is 285 g/mol. The maximum atomic E-state index is 13.4. The van der Waals surface area contributed by atoms with E-state index in [2.05, 4.69) is 5.32 Å². The summed E-state index contributed by atoms with van der Waals surface area (Å²) in [6.07, 6.45) is 1.34. The van der Waals surface area contributed by atoms with Crippen molar-refractivity contribution >= 4 is 17.5 Å². The molecule has 20 heavy (non-hydrogen) atoms. The normalized spacial score (nSPS) is 10.6. The lowest BCUT2D eigenvalue weighted by molar-refractivity contribution is 0.0950. The molecular formula is C14H13ClFNO3. The Bertz CT molecular complexity index is 612. The van der Waals surface area contributed by atoms with Gasteiger partial charge in [0.2, 0.25) is 5.22 Å². The second-order valence-corrected chi connectivity index (χ2v) is 4.49. The summed E-state index contributed by atoms with van der Waals surface area (Å²) in [5.74, 6) is -0.679. The van der Waals surface area contributed by atoms with Crippen LogP contribution in [0.2, 0.25) is 5.22 Å². The van der Waals surface area contributed by atoms with E-state index < -0.39 is 0 Å². The molecule has 0 atom stereocenters. The van der Waals surface area contributed by atoms with Crippen LogP contribution in [0, 0.1) is 5.82 Å². The Hall–Kier alpha value is -1.85. The molecule has 0 spiro atoms. The van der Waals surface area contributed by atoms with Crippen LogP contribution in [-0.4, -0.2) is 13.0 Å². The topological polar surface area (TPSA) is 51.5 Å². The highest BCUT2D eigenvalue weighted by Crippen LogP contribution is 2.17. The van der Waals surface area contributed by atoms with Gasteiger partial charge in [0.25, 0.3) is 5.91 Å². The first kappa shape index (κ1) is 14.6.